The van der Waals surface area contributed by atoms with Gasteiger partial charge in [0.15, 0.2) is 5.75 Å². The Hall–Kier alpha value is -1.67. The summed E-state index contributed by atoms with van der Waals surface area (Å²) >= 11 is 0. The minimum absolute atomic E-state index is 0.00712. The number of rotatable bonds is 6. The molecule has 0 bridgehead atoms. The molecule has 0 saturated carbocycles. The molecule has 0 radical (unpaired) electrons. The van der Waals surface area contributed by atoms with E-state index in [-0.39, 0.29) is 23.7 Å². The number of nitro groups is 1. The van der Waals surface area contributed by atoms with Gasteiger partial charge < -0.3 is 10.4 Å². The number of sulfone groups is 1. The van der Waals surface area contributed by atoms with E-state index in [1.807, 2.05) is 0 Å². The van der Waals surface area contributed by atoms with Crippen LogP contribution >= 0.6 is 0 Å². The Balaban J connectivity index is 2.58. The molecule has 18 heavy (non-hydrogen) atoms. The quantitative estimate of drug-likeness (QED) is 0.442. The lowest BCUT2D eigenvalue weighted by Crippen LogP contribution is -2.21. The first-order chi connectivity index (χ1) is 8.29. The van der Waals surface area contributed by atoms with Gasteiger partial charge in [0.05, 0.1) is 10.7 Å². The molecule has 0 aliphatic heterocycles. The van der Waals surface area contributed by atoms with E-state index in [0.29, 0.717) is 12.1 Å². The molecule has 1 rings (SSSR count). The van der Waals surface area contributed by atoms with Crippen LogP contribution in [0.5, 0.6) is 5.75 Å². The Kier molecular flexibility index (Phi) is 4.62. The van der Waals surface area contributed by atoms with Gasteiger partial charge in [0.2, 0.25) is 0 Å². The van der Waals surface area contributed by atoms with Crippen LogP contribution in [0.25, 0.3) is 0 Å². The van der Waals surface area contributed by atoms with Gasteiger partial charge in [0.25, 0.3) is 0 Å². The number of aromatic hydroxyl groups is 1. The van der Waals surface area contributed by atoms with Gasteiger partial charge in [-0.1, -0.05) is 6.07 Å². The predicted octanol–water partition coefficient (Wildman–Crippen LogP) is 0.435. The predicted molar refractivity (Wildman–Crippen MR) is 66.2 cm³/mol. The van der Waals surface area contributed by atoms with E-state index in [2.05, 4.69) is 5.32 Å². The Morgan fingerprint density at radius 2 is 2.11 bits per heavy atom. The highest BCUT2D eigenvalue weighted by Gasteiger charge is 2.13. The van der Waals surface area contributed by atoms with Gasteiger partial charge in [-0.2, -0.15) is 0 Å². The van der Waals surface area contributed by atoms with Gasteiger partial charge in [-0.05, 0) is 11.6 Å². The summed E-state index contributed by atoms with van der Waals surface area (Å²) in [5.74, 6) is -0.382. The second-order valence-electron chi connectivity index (χ2n) is 3.89. The molecule has 7 nitrogen and oxygen atoms in total. The van der Waals surface area contributed by atoms with E-state index in [0.717, 1.165) is 6.26 Å². The number of nitrogens with zero attached hydrogens (tertiary/aromatic N) is 1. The molecule has 1 aromatic carbocycles. The molecule has 0 saturated heterocycles. The van der Waals surface area contributed by atoms with Crippen LogP contribution in [0.15, 0.2) is 18.2 Å². The zero-order chi connectivity index (χ0) is 13.8. The molecule has 1 aromatic rings. The minimum Gasteiger partial charge on any atom is -0.502 e. The third-order valence-corrected chi connectivity index (χ3v) is 3.16. The van der Waals surface area contributed by atoms with Gasteiger partial charge in [0.1, 0.15) is 9.84 Å². The summed E-state index contributed by atoms with van der Waals surface area (Å²) < 4.78 is 21.7. The molecule has 0 spiro atoms. The van der Waals surface area contributed by atoms with Crippen molar-refractivity contribution in [3.05, 3.63) is 33.9 Å². The maximum Gasteiger partial charge on any atom is 0.311 e. The molecule has 0 atom stereocenters. The Bertz CT molecular complexity index is 541. The average Bonchev–Trinajstić information content (AvgIpc) is 2.24. The minimum atomic E-state index is -3.02. The van der Waals surface area contributed by atoms with Crippen LogP contribution in [0.4, 0.5) is 5.69 Å². The van der Waals surface area contributed by atoms with E-state index < -0.39 is 14.8 Å². The summed E-state index contributed by atoms with van der Waals surface area (Å²) in [7, 11) is -3.02. The first-order valence-corrected chi connectivity index (χ1v) is 7.20. The van der Waals surface area contributed by atoms with Crippen molar-refractivity contribution in [2.45, 2.75) is 6.54 Å². The van der Waals surface area contributed by atoms with Crippen molar-refractivity contribution in [3.63, 3.8) is 0 Å². The number of nitrogens with one attached hydrogen (secondary N) is 1. The highest BCUT2D eigenvalue weighted by atomic mass is 32.2. The molecule has 0 aromatic heterocycles. The number of nitro benzene ring substituents is 1. The summed E-state index contributed by atoms with van der Waals surface area (Å²) in [6.45, 7) is 0.574. The molecule has 0 aliphatic carbocycles. The van der Waals surface area contributed by atoms with Crippen LogP contribution < -0.4 is 5.32 Å². The zero-order valence-corrected chi connectivity index (χ0v) is 10.6. The summed E-state index contributed by atoms with van der Waals surface area (Å²) in [6.07, 6.45) is 1.14. The van der Waals surface area contributed by atoms with E-state index in [1.165, 1.54) is 18.2 Å². The number of hydrogen-bond acceptors (Lipinski definition) is 6. The smallest absolute Gasteiger partial charge is 0.311 e. The molecular formula is C10H14N2O5S. The van der Waals surface area contributed by atoms with Gasteiger partial charge in [0, 0.05) is 25.4 Å². The summed E-state index contributed by atoms with van der Waals surface area (Å²) in [5, 5.41) is 22.7. The van der Waals surface area contributed by atoms with E-state index in [1.54, 1.807) is 0 Å². The number of hydrogen-bond donors (Lipinski definition) is 2. The van der Waals surface area contributed by atoms with Gasteiger partial charge >= 0.3 is 5.69 Å². The maximum absolute atomic E-state index is 10.9. The van der Waals surface area contributed by atoms with Crippen molar-refractivity contribution >= 4 is 15.5 Å². The second kappa shape index (κ2) is 5.78. The van der Waals surface area contributed by atoms with Crippen LogP contribution in [0, 0.1) is 10.1 Å². The standard InChI is InChI=1S/C10H14N2O5S/c1-18(16,17)5-4-11-7-8-2-3-10(13)9(6-8)12(14)15/h2-3,6,11,13H,4-5,7H2,1H3. The first-order valence-electron chi connectivity index (χ1n) is 5.14. The second-order valence-corrected chi connectivity index (χ2v) is 6.15. The van der Waals surface area contributed by atoms with Crippen LogP contribution in [-0.4, -0.2) is 37.0 Å². The molecule has 0 unspecified atom stereocenters. The first kappa shape index (κ1) is 14.4. The number of phenolic OH excluding ortho intramolecular Hbond substituents is 1. The molecule has 0 aliphatic rings. The molecule has 0 heterocycles. The lowest BCUT2D eigenvalue weighted by atomic mass is 10.2. The van der Waals surface area contributed by atoms with Crippen molar-refractivity contribution in [2.24, 2.45) is 0 Å². The lowest BCUT2D eigenvalue weighted by molar-refractivity contribution is -0.385. The van der Waals surface area contributed by atoms with E-state index >= 15 is 0 Å². The third kappa shape index (κ3) is 4.68. The van der Waals surface area contributed by atoms with Crippen molar-refractivity contribution in [1.82, 2.24) is 5.32 Å². The van der Waals surface area contributed by atoms with Gasteiger partial charge in [-0.25, -0.2) is 8.42 Å². The molecule has 0 fully saturated rings. The average molecular weight is 274 g/mol. The zero-order valence-electron chi connectivity index (χ0n) is 9.79. The fourth-order valence-electron chi connectivity index (χ4n) is 1.32. The molecule has 100 valence electrons. The summed E-state index contributed by atoms with van der Waals surface area (Å²) in [5.41, 5.74) is 0.241. The SMILES string of the molecule is CS(=O)(=O)CCNCc1ccc(O)c([N+](=O)[O-])c1. The lowest BCUT2D eigenvalue weighted by Gasteiger charge is -2.04. The molecule has 0 amide bonds. The number of benzene rings is 1. The third-order valence-electron chi connectivity index (χ3n) is 2.22. The van der Waals surface area contributed by atoms with Crippen LogP contribution in [0.1, 0.15) is 5.56 Å². The van der Waals surface area contributed by atoms with E-state index in [4.69, 9.17) is 0 Å². The fraction of sp³-hybridized carbons (Fsp3) is 0.400. The summed E-state index contributed by atoms with van der Waals surface area (Å²) in [4.78, 5) is 9.91. The van der Waals surface area contributed by atoms with Crippen LogP contribution in [-0.2, 0) is 16.4 Å². The van der Waals surface area contributed by atoms with Crippen molar-refractivity contribution in [2.75, 3.05) is 18.6 Å². The van der Waals surface area contributed by atoms with Crippen LogP contribution in [0.2, 0.25) is 0 Å². The number of phenols is 1. The molecular weight excluding hydrogens is 260 g/mol. The Labute approximate surface area is 105 Å². The normalized spacial score (nSPS) is 11.4. The fourth-order valence-corrected chi connectivity index (χ4v) is 1.83. The van der Waals surface area contributed by atoms with Crippen molar-refractivity contribution < 1.29 is 18.4 Å². The highest BCUT2D eigenvalue weighted by molar-refractivity contribution is 7.90. The topological polar surface area (TPSA) is 110 Å². The monoisotopic (exact) mass is 274 g/mol. The summed E-state index contributed by atoms with van der Waals surface area (Å²) in [6, 6.07) is 4.03. The highest BCUT2D eigenvalue weighted by Crippen LogP contribution is 2.26. The Morgan fingerprint density at radius 1 is 1.44 bits per heavy atom. The van der Waals surface area contributed by atoms with E-state index in [9.17, 15) is 23.6 Å². The maximum atomic E-state index is 10.9. The molecule has 2 N–H and O–H groups in total. The largest absolute Gasteiger partial charge is 0.502 e. The van der Waals surface area contributed by atoms with Gasteiger partial charge in [-0.3, -0.25) is 10.1 Å². The molecule has 8 heteroatoms. The van der Waals surface area contributed by atoms with Gasteiger partial charge in [-0.15, -0.1) is 0 Å². The van der Waals surface area contributed by atoms with Crippen molar-refractivity contribution in [1.29, 1.82) is 0 Å². The Morgan fingerprint density at radius 3 is 2.67 bits per heavy atom. The van der Waals surface area contributed by atoms with Crippen LogP contribution in [0.3, 0.4) is 0 Å². The van der Waals surface area contributed by atoms with Crippen molar-refractivity contribution in [3.8, 4) is 5.75 Å².